The number of aliphatic hydroxyl groups excluding tert-OH is 8. The van der Waals surface area contributed by atoms with E-state index in [0.717, 1.165) is 5.57 Å². The number of rotatable bonds is 6. The number of hydrogen-bond acceptors (Lipinski definition) is 15. The van der Waals surface area contributed by atoms with E-state index in [1.807, 2.05) is 0 Å². The van der Waals surface area contributed by atoms with Crippen molar-refractivity contribution in [3.8, 4) is 0 Å². The molecular formula is C43H68O15. The van der Waals surface area contributed by atoms with Gasteiger partial charge in [0.1, 0.15) is 30.5 Å². The average Bonchev–Trinajstić information content (AvgIpc) is 3.17. The van der Waals surface area contributed by atoms with Crippen LogP contribution in [0.15, 0.2) is 11.6 Å². The Morgan fingerprint density at radius 1 is 0.759 bits per heavy atom. The molecule has 0 aromatic carbocycles. The molecular weight excluding hydrogens is 756 g/mol. The van der Waals surface area contributed by atoms with Crippen LogP contribution < -0.4 is 0 Å². The molecule has 8 N–H and O–H groups in total. The van der Waals surface area contributed by atoms with Gasteiger partial charge in [-0.15, -0.1) is 0 Å². The fourth-order valence-electron chi connectivity index (χ4n) is 13.8. The molecule has 5 aliphatic carbocycles. The van der Waals surface area contributed by atoms with E-state index in [0.29, 0.717) is 51.4 Å². The van der Waals surface area contributed by atoms with Crippen molar-refractivity contribution in [1.29, 1.82) is 0 Å². The number of ether oxygens (including phenoxy) is 5. The Hall–Kier alpha value is -1.76. The molecule has 4 saturated carbocycles. The minimum absolute atomic E-state index is 0.0838. The lowest BCUT2D eigenvalue weighted by Crippen LogP contribution is -2.70. The van der Waals surface area contributed by atoms with E-state index >= 15 is 4.79 Å². The number of methoxy groups -OCH3 is 1. The van der Waals surface area contributed by atoms with Gasteiger partial charge < -0.3 is 64.5 Å². The summed E-state index contributed by atoms with van der Waals surface area (Å²) < 4.78 is 29.1. The van der Waals surface area contributed by atoms with Gasteiger partial charge in [-0.3, -0.25) is 9.59 Å². The lowest BCUT2D eigenvalue weighted by molar-refractivity contribution is -0.358. The van der Waals surface area contributed by atoms with Crippen molar-refractivity contribution < 1.29 is 74.1 Å². The second-order valence-corrected chi connectivity index (χ2v) is 20.6. The zero-order chi connectivity index (χ0) is 42.7. The first-order valence-electron chi connectivity index (χ1n) is 21.3. The minimum atomic E-state index is -1.73. The second kappa shape index (κ2) is 15.0. The molecule has 58 heavy (non-hydrogen) atoms. The van der Waals surface area contributed by atoms with E-state index in [-0.39, 0.29) is 36.2 Å². The van der Waals surface area contributed by atoms with Crippen molar-refractivity contribution in [1.82, 2.24) is 0 Å². The fraction of sp³-hybridized carbons (Fsp3) is 0.907. The number of fused-ring (bicyclic) bond motifs is 7. The van der Waals surface area contributed by atoms with Crippen LogP contribution in [0.25, 0.3) is 0 Å². The van der Waals surface area contributed by atoms with E-state index in [1.54, 1.807) is 6.92 Å². The molecule has 20 atom stereocenters. The summed E-state index contributed by atoms with van der Waals surface area (Å²) in [5, 5.41) is 88.0. The first-order chi connectivity index (χ1) is 27.0. The fourth-order valence-corrected chi connectivity index (χ4v) is 13.8. The van der Waals surface area contributed by atoms with Crippen LogP contribution in [0.5, 0.6) is 0 Å². The first kappa shape index (κ1) is 44.3. The molecule has 2 saturated heterocycles. The molecule has 0 spiro atoms. The van der Waals surface area contributed by atoms with Crippen LogP contribution in [0, 0.1) is 50.2 Å². The van der Waals surface area contributed by atoms with E-state index in [2.05, 4.69) is 33.8 Å². The summed E-state index contributed by atoms with van der Waals surface area (Å²) >= 11 is 0. The highest BCUT2D eigenvalue weighted by molar-refractivity contribution is 5.79. The largest absolute Gasteiger partial charge is 0.469 e. The highest BCUT2D eigenvalue weighted by Crippen LogP contribution is 2.76. The SMILES string of the molecule is COC(=O)[C@@]1(C)[C@@H]2CC[C@]3(C)[C@H](CC=C4[C@@H]5CC(C)(C)CC[C@]5(C(=O)O[C@@H]5O[C@H](C)[C@H](O)[C@H](O)[C@H]5O[C@@H]5O[C@@H](C)[C@H](O)[C@@H](O)[C@H]5O)CC[C@]43CO)[C@@]2(C)C[C@H](O)[C@@H]1O. The predicted molar refractivity (Wildman–Crippen MR) is 204 cm³/mol. The third-order valence-electron chi connectivity index (χ3n) is 17.3. The van der Waals surface area contributed by atoms with E-state index < -0.39 is 113 Å². The molecule has 0 aromatic rings. The molecule has 15 heteroatoms. The second-order valence-electron chi connectivity index (χ2n) is 20.6. The number of aliphatic hydroxyl groups is 8. The van der Waals surface area contributed by atoms with Crippen molar-refractivity contribution >= 4 is 11.9 Å². The zero-order valence-electron chi connectivity index (χ0n) is 35.2. The smallest absolute Gasteiger partial charge is 0.315 e. The molecule has 2 heterocycles. The van der Waals surface area contributed by atoms with Crippen molar-refractivity contribution in [3.05, 3.63) is 11.6 Å². The van der Waals surface area contributed by atoms with Crippen LogP contribution in [0.3, 0.4) is 0 Å². The maximum absolute atomic E-state index is 15.0. The maximum Gasteiger partial charge on any atom is 0.315 e. The van der Waals surface area contributed by atoms with Gasteiger partial charge in [-0.25, -0.2) is 0 Å². The predicted octanol–water partition coefficient (Wildman–Crippen LogP) is 1.47. The van der Waals surface area contributed by atoms with Gasteiger partial charge in [-0.2, -0.15) is 0 Å². The number of esters is 2. The lowest BCUT2D eigenvalue weighted by atomic mass is 9.33. The van der Waals surface area contributed by atoms with Crippen LogP contribution in [0.2, 0.25) is 0 Å². The summed E-state index contributed by atoms with van der Waals surface area (Å²) in [6.07, 6.45) is -9.93. The quantitative estimate of drug-likeness (QED) is 0.140. The average molecular weight is 825 g/mol. The summed E-state index contributed by atoms with van der Waals surface area (Å²) in [5.41, 5.74) is -3.39. The minimum Gasteiger partial charge on any atom is -0.469 e. The van der Waals surface area contributed by atoms with Gasteiger partial charge in [0.05, 0.1) is 49.0 Å². The summed E-state index contributed by atoms with van der Waals surface area (Å²) in [4.78, 5) is 28.5. The Balaban J connectivity index is 1.23. The third kappa shape index (κ3) is 6.22. The van der Waals surface area contributed by atoms with Crippen molar-refractivity contribution in [2.24, 2.45) is 50.2 Å². The van der Waals surface area contributed by atoms with Gasteiger partial charge in [0.15, 0.2) is 12.4 Å². The lowest BCUT2D eigenvalue weighted by Gasteiger charge is -2.71. The number of carbonyl (C=O) groups excluding carboxylic acids is 2. The summed E-state index contributed by atoms with van der Waals surface area (Å²) in [6, 6.07) is 0. The summed E-state index contributed by atoms with van der Waals surface area (Å²) in [5.74, 6) is -1.83. The van der Waals surface area contributed by atoms with Crippen molar-refractivity contribution in [3.63, 3.8) is 0 Å². The van der Waals surface area contributed by atoms with Gasteiger partial charge >= 0.3 is 11.9 Å². The molecule has 0 bridgehead atoms. The number of carbonyl (C=O) groups is 2. The van der Waals surface area contributed by atoms with Crippen LogP contribution in [0.1, 0.15) is 106 Å². The number of hydrogen-bond donors (Lipinski definition) is 8. The third-order valence-corrected chi connectivity index (χ3v) is 17.3. The van der Waals surface area contributed by atoms with Gasteiger partial charge in [-0.1, -0.05) is 39.3 Å². The van der Waals surface area contributed by atoms with E-state index in [1.165, 1.54) is 21.0 Å². The Morgan fingerprint density at radius 3 is 2.02 bits per heavy atom. The van der Waals surface area contributed by atoms with E-state index in [4.69, 9.17) is 23.7 Å². The normalized spacial score (nSPS) is 53.8. The van der Waals surface area contributed by atoms with Gasteiger partial charge in [0.25, 0.3) is 0 Å². The molecule has 0 aromatic heterocycles. The zero-order valence-corrected chi connectivity index (χ0v) is 35.2. The molecule has 6 fully saturated rings. The van der Waals surface area contributed by atoms with Crippen LogP contribution in [0.4, 0.5) is 0 Å². The molecule has 330 valence electrons. The van der Waals surface area contributed by atoms with Crippen molar-refractivity contribution in [2.75, 3.05) is 13.7 Å². The summed E-state index contributed by atoms with van der Waals surface area (Å²) in [6.45, 7) is 13.2. The topological polar surface area (TPSA) is 242 Å². The molecule has 0 unspecified atom stereocenters. The summed E-state index contributed by atoms with van der Waals surface area (Å²) in [7, 11) is 1.31. The standard InChI is InChI=1S/C43H68O15/c1-20-27(46)29(48)31(50)34(55-20)57-32-30(49)28(47)21(2)56-35(32)58-37(53)42-14-13-38(3,4)17-23(42)22-9-10-25-39(5)18-24(45)33(51)41(7,36(52)54-8)26(39)11-12-40(25,6)43(22,19-44)16-15-42/h9,20-21,23-35,44-51H,10-19H2,1-8H3/t20-,21+,23-,24-,25+,26+,27-,28-,29+,30-,31+,32+,33-,34-,35-,39+,40+,41-,42-,43-/m0/s1. The Morgan fingerprint density at radius 2 is 1.38 bits per heavy atom. The molecule has 0 amide bonds. The molecule has 7 aliphatic rings. The molecule has 15 nitrogen and oxygen atoms in total. The Kier molecular flexibility index (Phi) is 11.4. The highest BCUT2D eigenvalue weighted by Gasteiger charge is 2.73. The van der Waals surface area contributed by atoms with E-state index in [9.17, 15) is 45.6 Å². The van der Waals surface area contributed by atoms with Crippen LogP contribution >= 0.6 is 0 Å². The Bertz CT molecular complexity index is 1620. The van der Waals surface area contributed by atoms with Crippen LogP contribution in [-0.4, -0.2) is 140 Å². The monoisotopic (exact) mass is 824 g/mol. The van der Waals surface area contributed by atoms with Gasteiger partial charge in [-0.05, 0) is 113 Å². The molecule has 2 aliphatic heterocycles. The Labute approximate surface area is 341 Å². The molecule has 7 rings (SSSR count). The number of allylic oxidation sites excluding steroid dienone is 1. The molecule has 0 radical (unpaired) electrons. The first-order valence-corrected chi connectivity index (χ1v) is 21.3. The highest BCUT2D eigenvalue weighted by atomic mass is 16.8. The van der Waals surface area contributed by atoms with Gasteiger partial charge in [0, 0.05) is 5.41 Å². The van der Waals surface area contributed by atoms with Crippen molar-refractivity contribution in [2.45, 2.75) is 180 Å². The van der Waals surface area contributed by atoms with Crippen LogP contribution in [-0.2, 0) is 33.3 Å². The maximum atomic E-state index is 15.0. The van der Waals surface area contributed by atoms with Gasteiger partial charge in [0.2, 0.25) is 6.29 Å².